The number of carbonyl (C=O) groups excluding carboxylic acids is 1. The molecular weight excluding hydrogens is 339 g/mol. The minimum Gasteiger partial charge on any atom is -0.442 e. The standard InChI is InChI=1S/C18H17FN4O3/c1-11-14(17(24)22-13-5-3-2-4-12(13)19)15-16(20-10-21-18(15)26-11)23-6-8-25-9-7-23/h2-5,10H,6-9H2,1H3,(H,22,24). The van der Waals surface area contributed by atoms with Crippen LogP contribution in [0.3, 0.4) is 0 Å². The summed E-state index contributed by atoms with van der Waals surface area (Å²) in [6, 6.07) is 6.01. The molecule has 7 nitrogen and oxygen atoms in total. The van der Waals surface area contributed by atoms with Crippen molar-refractivity contribution in [2.24, 2.45) is 0 Å². The van der Waals surface area contributed by atoms with Gasteiger partial charge >= 0.3 is 0 Å². The molecule has 2 aromatic heterocycles. The van der Waals surface area contributed by atoms with E-state index in [1.807, 2.05) is 4.90 Å². The molecule has 1 fully saturated rings. The van der Waals surface area contributed by atoms with Gasteiger partial charge in [-0.15, -0.1) is 0 Å². The molecule has 8 heteroatoms. The fourth-order valence-electron chi connectivity index (χ4n) is 3.06. The van der Waals surface area contributed by atoms with Gasteiger partial charge in [0, 0.05) is 13.1 Å². The molecule has 1 aliphatic heterocycles. The van der Waals surface area contributed by atoms with E-state index in [-0.39, 0.29) is 5.69 Å². The molecule has 1 amide bonds. The maximum Gasteiger partial charge on any atom is 0.260 e. The van der Waals surface area contributed by atoms with Gasteiger partial charge < -0.3 is 19.4 Å². The molecule has 0 radical (unpaired) electrons. The molecule has 0 unspecified atom stereocenters. The Hall–Kier alpha value is -3.00. The number of benzene rings is 1. The quantitative estimate of drug-likeness (QED) is 0.777. The lowest BCUT2D eigenvalue weighted by Gasteiger charge is -2.28. The van der Waals surface area contributed by atoms with Crippen LogP contribution in [0.4, 0.5) is 15.9 Å². The fourth-order valence-corrected chi connectivity index (χ4v) is 3.06. The Kier molecular flexibility index (Phi) is 4.26. The highest BCUT2D eigenvalue weighted by Gasteiger charge is 2.26. The Morgan fingerprint density at radius 1 is 1.23 bits per heavy atom. The lowest BCUT2D eigenvalue weighted by Crippen LogP contribution is -2.37. The number of fused-ring (bicyclic) bond motifs is 1. The third kappa shape index (κ3) is 2.88. The van der Waals surface area contributed by atoms with Crippen molar-refractivity contribution in [2.75, 3.05) is 36.5 Å². The summed E-state index contributed by atoms with van der Waals surface area (Å²) < 4.78 is 24.9. The Balaban J connectivity index is 1.78. The van der Waals surface area contributed by atoms with E-state index in [4.69, 9.17) is 9.15 Å². The van der Waals surface area contributed by atoms with Crippen molar-refractivity contribution in [3.63, 3.8) is 0 Å². The highest BCUT2D eigenvalue weighted by Crippen LogP contribution is 2.32. The summed E-state index contributed by atoms with van der Waals surface area (Å²) in [7, 11) is 0. The number of nitrogens with zero attached hydrogens (tertiary/aromatic N) is 3. The highest BCUT2D eigenvalue weighted by atomic mass is 19.1. The van der Waals surface area contributed by atoms with Crippen LogP contribution < -0.4 is 10.2 Å². The van der Waals surface area contributed by atoms with Crippen LogP contribution in [0.1, 0.15) is 16.1 Å². The number of para-hydroxylation sites is 1. The van der Waals surface area contributed by atoms with Crippen molar-refractivity contribution in [3.8, 4) is 0 Å². The largest absolute Gasteiger partial charge is 0.442 e. The minimum absolute atomic E-state index is 0.107. The Bertz CT molecular complexity index is 966. The molecule has 0 atom stereocenters. The Morgan fingerprint density at radius 2 is 2.00 bits per heavy atom. The summed E-state index contributed by atoms with van der Waals surface area (Å²) >= 11 is 0. The number of hydrogen-bond donors (Lipinski definition) is 1. The van der Waals surface area contributed by atoms with Crippen LogP contribution in [0.5, 0.6) is 0 Å². The molecule has 4 rings (SSSR count). The van der Waals surface area contributed by atoms with E-state index in [0.717, 1.165) is 0 Å². The maximum atomic E-state index is 13.9. The van der Waals surface area contributed by atoms with E-state index in [0.29, 0.717) is 54.5 Å². The molecule has 0 saturated carbocycles. The number of rotatable bonds is 3. The topological polar surface area (TPSA) is 80.5 Å². The van der Waals surface area contributed by atoms with Crippen molar-refractivity contribution >= 4 is 28.5 Å². The summed E-state index contributed by atoms with van der Waals surface area (Å²) in [5.74, 6) is 0.0595. The molecule has 1 N–H and O–H groups in total. The van der Waals surface area contributed by atoms with Gasteiger partial charge in [-0.2, -0.15) is 0 Å². The Morgan fingerprint density at radius 3 is 2.77 bits per heavy atom. The zero-order valence-corrected chi connectivity index (χ0v) is 14.2. The van der Waals surface area contributed by atoms with Gasteiger partial charge in [0.2, 0.25) is 5.71 Å². The van der Waals surface area contributed by atoms with Gasteiger partial charge in [0.15, 0.2) is 0 Å². The van der Waals surface area contributed by atoms with E-state index in [1.54, 1.807) is 19.1 Å². The van der Waals surface area contributed by atoms with Gasteiger partial charge in [-0.05, 0) is 19.1 Å². The van der Waals surface area contributed by atoms with Gasteiger partial charge in [0.05, 0.1) is 29.9 Å². The number of anilines is 2. The van der Waals surface area contributed by atoms with Crippen LogP contribution in [-0.2, 0) is 4.74 Å². The predicted octanol–water partition coefficient (Wildman–Crippen LogP) is 2.76. The SMILES string of the molecule is Cc1oc2ncnc(N3CCOCC3)c2c1C(=O)Nc1ccccc1F. The average molecular weight is 356 g/mol. The number of halogens is 1. The van der Waals surface area contributed by atoms with Gasteiger partial charge in [-0.1, -0.05) is 12.1 Å². The summed E-state index contributed by atoms with van der Waals surface area (Å²) in [5, 5.41) is 3.13. The molecule has 1 aliphatic rings. The molecule has 3 aromatic rings. The number of nitrogens with one attached hydrogen (secondary N) is 1. The first-order valence-electron chi connectivity index (χ1n) is 8.28. The number of ether oxygens (including phenoxy) is 1. The van der Waals surface area contributed by atoms with E-state index in [2.05, 4.69) is 15.3 Å². The molecule has 3 heterocycles. The van der Waals surface area contributed by atoms with Gasteiger partial charge in [0.25, 0.3) is 5.91 Å². The molecule has 1 aromatic carbocycles. The summed E-state index contributed by atoms with van der Waals surface area (Å²) in [6.45, 7) is 4.16. The van der Waals surface area contributed by atoms with Gasteiger partial charge in [-0.3, -0.25) is 4.79 Å². The number of hydrogen-bond acceptors (Lipinski definition) is 6. The maximum absolute atomic E-state index is 13.9. The van der Waals surface area contributed by atoms with Crippen molar-refractivity contribution < 1.29 is 18.3 Å². The van der Waals surface area contributed by atoms with E-state index < -0.39 is 11.7 Å². The fraction of sp³-hybridized carbons (Fsp3) is 0.278. The second kappa shape index (κ2) is 6.72. The van der Waals surface area contributed by atoms with Crippen LogP contribution in [0.15, 0.2) is 35.0 Å². The van der Waals surface area contributed by atoms with Gasteiger partial charge in [-0.25, -0.2) is 14.4 Å². The number of carbonyl (C=O) groups is 1. The van der Waals surface area contributed by atoms with Crippen LogP contribution in [0.25, 0.3) is 11.1 Å². The third-order valence-electron chi connectivity index (χ3n) is 4.30. The summed E-state index contributed by atoms with van der Waals surface area (Å²) in [4.78, 5) is 23.4. The van der Waals surface area contributed by atoms with E-state index in [9.17, 15) is 9.18 Å². The highest BCUT2D eigenvalue weighted by molar-refractivity contribution is 6.15. The minimum atomic E-state index is -0.504. The number of amides is 1. The summed E-state index contributed by atoms with van der Waals surface area (Å²) in [6.07, 6.45) is 1.41. The predicted molar refractivity (Wildman–Crippen MR) is 93.9 cm³/mol. The van der Waals surface area contributed by atoms with Crippen molar-refractivity contribution in [1.82, 2.24) is 9.97 Å². The number of furan rings is 1. The molecular formula is C18H17FN4O3. The molecule has 1 saturated heterocycles. The smallest absolute Gasteiger partial charge is 0.260 e. The van der Waals surface area contributed by atoms with Crippen molar-refractivity contribution in [3.05, 3.63) is 47.7 Å². The lowest BCUT2D eigenvalue weighted by molar-refractivity contribution is 0.102. The number of aryl methyl sites for hydroxylation is 1. The lowest BCUT2D eigenvalue weighted by atomic mass is 10.1. The first kappa shape index (κ1) is 16.5. The van der Waals surface area contributed by atoms with Crippen LogP contribution in [0, 0.1) is 12.7 Å². The van der Waals surface area contributed by atoms with Crippen LogP contribution >= 0.6 is 0 Å². The normalized spacial score (nSPS) is 14.6. The molecule has 26 heavy (non-hydrogen) atoms. The molecule has 0 aliphatic carbocycles. The average Bonchev–Trinajstić information content (AvgIpc) is 3.00. The Labute approximate surface area is 148 Å². The van der Waals surface area contributed by atoms with E-state index in [1.165, 1.54) is 18.5 Å². The number of morpholine rings is 1. The zero-order valence-electron chi connectivity index (χ0n) is 14.2. The van der Waals surface area contributed by atoms with Gasteiger partial charge in [0.1, 0.15) is 23.7 Å². The van der Waals surface area contributed by atoms with Crippen molar-refractivity contribution in [2.45, 2.75) is 6.92 Å². The molecule has 134 valence electrons. The molecule has 0 spiro atoms. The second-order valence-electron chi connectivity index (χ2n) is 5.94. The third-order valence-corrected chi connectivity index (χ3v) is 4.30. The zero-order chi connectivity index (χ0) is 18.1. The second-order valence-corrected chi connectivity index (χ2v) is 5.94. The van der Waals surface area contributed by atoms with E-state index >= 15 is 0 Å². The van der Waals surface area contributed by atoms with Crippen LogP contribution in [-0.4, -0.2) is 42.2 Å². The molecule has 0 bridgehead atoms. The first-order chi connectivity index (χ1) is 12.6. The van der Waals surface area contributed by atoms with Crippen LogP contribution in [0.2, 0.25) is 0 Å². The van der Waals surface area contributed by atoms with Crippen molar-refractivity contribution in [1.29, 1.82) is 0 Å². The number of aromatic nitrogens is 2. The summed E-state index contributed by atoms with van der Waals surface area (Å²) in [5.41, 5.74) is 0.749. The first-order valence-corrected chi connectivity index (χ1v) is 8.28. The monoisotopic (exact) mass is 356 g/mol.